The van der Waals surface area contributed by atoms with E-state index in [2.05, 4.69) is 31.0 Å². The molecule has 5 rings (SSSR count). The molecule has 0 saturated carbocycles. The highest BCUT2D eigenvalue weighted by atomic mass is 19.4. The fraction of sp³-hybridized carbons (Fsp3) is 0.160. The van der Waals surface area contributed by atoms with E-state index in [-0.39, 0.29) is 29.4 Å². The molecular weight excluding hydrogens is 534 g/mol. The molecule has 0 aliphatic carbocycles. The number of fused-ring (bicyclic) bond motifs is 1. The van der Waals surface area contributed by atoms with Crippen molar-refractivity contribution in [2.45, 2.75) is 12.7 Å². The molecule has 0 bridgehead atoms. The number of urea groups is 2. The van der Waals surface area contributed by atoms with Crippen molar-refractivity contribution in [3.63, 3.8) is 0 Å². The molecule has 11 nitrogen and oxygen atoms in total. The summed E-state index contributed by atoms with van der Waals surface area (Å²) in [6.45, 7) is 0.0796. The molecule has 0 radical (unpaired) electrons. The van der Waals surface area contributed by atoms with Crippen molar-refractivity contribution < 1.29 is 27.2 Å². The molecular formula is C25H21F4N9O2. The Morgan fingerprint density at radius 2 is 1.77 bits per heavy atom. The summed E-state index contributed by atoms with van der Waals surface area (Å²) in [5.41, 5.74) is -0.378. The van der Waals surface area contributed by atoms with Crippen LogP contribution in [-0.4, -0.2) is 45.9 Å². The van der Waals surface area contributed by atoms with Gasteiger partial charge in [0.1, 0.15) is 17.5 Å². The predicted octanol–water partition coefficient (Wildman–Crippen LogP) is 5.08. The van der Waals surface area contributed by atoms with Crippen LogP contribution in [0.15, 0.2) is 60.8 Å². The summed E-state index contributed by atoms with van der Waals surface area (Å²) in [5.74, 6) is -0.375. The number of alkyl halides is 3. The summed E-state index contributed by atoms with van der Waals surface area (Å²) in [4.78, 5) is 37.0. The summed E-state index contributed by atoms with van der Waals surface area (Å²) < 4.78 is 55.6. The van der Waals surface area contributed by atoms with E-state index in [9.17, 15) is 27.2 Å². The molecule has 1 aliphatic heterocycles. The first-order valence-corrected chi connectivity index (χ1v) is 11.7. The van der Waals surface area contributed by atoms with E-state index in [0.717, 1.165) is 10.7 Å². The van der Waals surface area contributed by atoms with Crippen LogP contribution in [0.25, 0.3) is 5.69 Å². The predicted molar refractivity (Wildman–Crippen MR) is 139 cm³/mol. The first-order chi connectivity index (χ1) is 19.0. The Hall–Kier alpha value is -5.21. The number of carbonyl (C=O) groups excluding carboxylic acids is 2. The normalized spacial score (nSPS) is 13.2. The van der Waals surface area contributed by atoms with Gasteiger partial charge in [0.15, 0.2) is 5.69 Å². The quantitative estimate of drug-likeness (QED) is 0.296. The Morgan fingerprint density at radius 3 is 2.48 bits per heavy atom. The molecule has 0 saturated heterocycles. The Labute approximate surface area is 224 Å². The average Bonchev–Trinajstić information content (AvgIpc) is 3.36. The van der Waals surface area contributed by atoms with E-state index in [1.54, 1.807) is 31.4 Å². The maximum Gasteiger partial charge on any atom is 0.435 e. The number of hydrogen-bond donors (Lipinski definition) is 3. The zero-order valence-electron chi connectivity index (χ0n) is 21.0. The van der Waals surface area contributed by atoms with Crippen LogP contribution in [0.3, 0.4) is 0 Å². The maximum absolute atomic E-state index is 14.7. The van der Waals surface area contributed by atoms with Crippen LogP contribution in [-0.2, 0) is 12.7 Å². The molecule has 2 aromatic carbocycles. The van der Waals surface area contributed by atoms with Gasteiger partial charge in [0, 0.05) is 37.6 Å². The maximum atomic E-state index is 14.7. The Kier molecular flexibility index (Phi) is 6.71. The van der Waals surface area contributed by atoms with E-state index >= 15 is 0 Å². The van der Waals surface area contributed by atoms with Gasteiger partial charge in [0.2, 0.25) is 5.95 Å². The average molecular weight is 555 g/mol. The van der Waals surface area contributed by atoms with Crippen molar-refractivity contribution in [2.24, 2.45) is 0 Å². The van der Waals surface area contributed by atoms with Crippen molar-refractivity contribution in [3.05, 3.63) is 77.9 Å². The number of aromatic nitrogens is 4. The number of hydrogen-bond acceptors (Lipinski definition) is 6. The number of para-hydroxylation sites is 1. The summed E-state index contributed by atoms with van der Waals surface area (Å²) >= 11 is 0. The van der Waals surface area contributed by atoms with Crippen LogP contribution in [0.2, 0.25) is 0 Å². The lowest BCUT2D eigenvalue weighted by Gasteiger charge is -2.34. The third-order valence-electron chi connectivity index (χ3n) is 5.98. The highest BCUT2D eigenvalue weighted by Crippen LogP contribution is 2.33. The number of anilines is 5. The number of benzene rings is 2. The molecule has 3 heterocycles. The fourth-order valence-electron chi connectivity index (χ4n) is 4.05. The van der Waals surface area contributed by atoms with Crippen LogP contribution in [0.4, 0.5) is 56.1 Å². The van der Waals surface area contributed by atoms with E-state index in [1.807, 2.05) is 0 Å². The number of rotatable bonds is 5. The second kappa shape index (κ2) is 10.2. The molecule has 0 fully saturated rings. The lowest BCUT2D eigenvalue weighted by molar-refractivity contribution is -0.141. The highest BCUT2D eigenvalue weighted by Gasteiger charge is 2.35. The van der Waals surface area contributed by atoms with Crippen molar-refractivity contribution in [1.29, 1.82) is 0 Å². The van der Waals surface area contributed by atoms with Gasteiger partial charge in [-0.05, 0) is 30.3 Å². The molecule has 40 heavy (non-hydrogen) atoms. The molecule has 4 aromatic rings. The van der Waals surface area contributed by atoms with E-state index < -0.39 is 29.7 Å². The molecule has 15 heteroatoms. The number of carbonyl (C=O) groups is 2. The smallest absolute Gasteiger partial charge is 0.357 e. The molecule has 0 unspecified atom stereocenters. The largest absolute Gasteiger partial charge is 0.435 e. The SMILES string of the molecule is CNc1ncc2c(n1)N(C)C(=O)N(c1ccc(F)c(NC(=O)Nc3cc(C(F)(F)F)nn3-c3ccccc3)c1)C2. The Bertz CT molecular complexity index is 1590. The van der Waals surface area contributed by atoms with Gasteiger partial charge in [0.05, 0.1) is 17.9 Å². The summed E-state index contributed by atoms with van der Waals surface area (Å²) in [7, 11) is 3.17. The van der Waals surface area contributed by atoms with Crippen LogP contribution in [0.5, 0.6) is 0 Å². The number of amides is 4. The van der Waals surface area contributed by atoms with Crippen molar-refractivity contribution in [2.75, 3.05) is 39.8 Å². The highest BCUT2D eigenvalue weighted by molar-refractivity contribution is 6.06. The van der Waals surface area contributed by atoms with E-state index in [0.29, 0.717) is 23.4 Å². The summed E-state index contributed by atoms with van der Waals surface area (Å²) in [5, 5.41) is 10.9. The zero-order chi connectivity index (χ0) is 28.6. The minimum atomic E-state index is -4.76. The van der Waals surface area contributed by atoms with Crippen LogP contribution < -0.4 is 25.8 Å². The first kappa shape index (κ1) is 26.4. The number of nitrogens with one attached hydrogen (secondary N) is 3. The van der Waals surface area contributed by atoms with Crippen LogP contribution in [0, 0.1) is 5.82 Å². The number of nitrogens with zero attached hydrogens (tertiary/aromatic N) is 6. The second-order valence-corrected chi connectivity index (χ2v) is 8.62. The molecule has 4 amide bonds. The van der Waals surface area contributed by atoms with E-state index in [1.165, 1.54) is 41.1 Å². The third kappa shape index (κ3) is 5.08. The third-order valence-corrected chi connectivity index (χ3v) is 5.98. The molecule has 3 N–H and O–H groups in total. The van der Waals surface area contributed by atoms with E-state index in [4.69, 9.17) is 0 Å². The van der Waals surface area contributed by atoms with Gasteiger partial charge in [-0.25, -0.2) is 23.6 Å². The van der Waals surface area contributed by atoms with Gasteiger partial charge in [-0.3, -0.25) is 15.1 Å². The van der Waals surface area contributed by atoms with Gasteiger partial charge in [-0.1, -0.05) is 18.2 Å². The fourth-order valence-corrected chi connectivity index (χ4v) is 4.05. The topological polar surface area (TPSA) is 120 Å². The Morgan fingerprint density at radius 1 is 1.02 bits per heavy atom. The second-order valence-electron chi connectivity index (χ2n) is 8.62. The molecule has 0 spiro atoms. The lowest BCUT2D eigenvalue weighted by Crippen LogP contribution is -2.46. The van der Waals surface area contributed by atoms with Gasteiger partial charge in [-0.2, -0.15) is 23.3 Å². The van der Waals surface area contributed by atoms with Crippen LogP contribution in [0.1, 0.15) is 11.3 Å². The monoisotopic (exact) mass is 555 g/mol. The summed E-state index contributed by atoms with van der Waals surface area (Å²) in [6, 6.07) is 10.7. The van der Waals surface area contributed by atoms with Crippen molar-refractivity contribution in [3.8, 4) is 5.69 Å². The van der Waals surface area contributed by atoms with Gasteiger partial charge in [0.25, 0.3) is 0 Å². The molecule has 2 aromatic heterocycles. The van der Waals surface area contributed by atoms with Crippen molar-refractivity contribution >= 4 is 41.0 Å². The number of halogens is 4. The molecule has 0 atom stereocenters. The molecule has 206 valence electrons. The van der Waals surface area contributed by atoms with Crippen LogP contribution >= 0.6 is 0 Å². The lowest BCUT2D eigenvalue weighted by atomic mass is 10.2. The molecule has 1 aliphatic rings. The van der Waals surface area contributed by atoms with Gasteiger partial charge >= 0.3 is 18.2 Å². The zero-order valence-corrected chi connectivity index (χ0v) is 21.0. The minimum absolute atomic E-state index is 0.0796. The first-order valence-electron chi connectivity index (χ1n) is 11.7. The van der Waals surface area contributed by atoms with Gasteiger partial charge < -0.3 is 10.6 Å². The van der Waals surface area contributed by atoms with Gasteiger partial charge in [-0.15, -0.1) is 0 Å². The minimum Gasteiger partial charge on any atom is -0.357 e. The summed E-state index contributed by atoms with van der Waals surface area (Å²) in [6.07, 6.45) is -3.20. The standard InChI is InChI=1S/C25H21F4N9O2/c1-30-22-31-12-14-13-37(24(40)36(2)21(14)34-22)16-8-9-17(26)18(10-16)32-23(39)33-20-11-19(25(27,28)29)35-38(20)15-6-4-3-5-7-15/h3-12H,13H2,1-2H3,(H,30,31,34)(H2,32,33,39). The van der Waals surface area contributed by atoms with Crippen molar-refractivity contribution in [1.82, 2.24) is 19.7 Å². The Balaban J connectivity index is 1.39.